The predicted octanol–water partition coefficient (Wildman–Crippen LogP) is 1.57. The number of thioether (sulfide) groups is 1. The van der Waals surface area contributed by atoms with Crippen molar-refractivity contribution in [2.24, 2.45) is 5.92 Å². The predicted molar refractivity (Wildman–Crippen MR) is 68.5 cm³/mol. The van der Waals surface area contributed by atoms with Crippen molar-refractivity contribution in [3.05, 3.63) is 12.2 Å². The quantitative estimate of drug-likeness (QED) is 0.696. The maximum atomic E-state index is 11.7. The van der Waals surface area contributed by atoms with E-state index >= 15 is 0 Å². The van der Waals surface area contributed by atoms with Gasteiger partial charge in [-0.15, -0.1) is 0 Å². The Morgan fingerprint density at radius 3 is 2.94 bits per heavy atom. The number of hydrogen-bond donors (Lipinski definition) is 2. The fourth-order valence-corrected chi connectivity index (χ4v) is 2.57. The van der Waals surface area contributed by atoms with Crippen molar-refractivity contribution in [3.8, 4) is 0 Å². The third-order valence-corrected chi connectivity index (χ3v) is 4.15. The summed E-state index contributed by atoms with van der Waals surface area (Å²) < 4.78 is 0. The van der Waals surface area contributed by atoms with Crippen LogP contribution in [0.3, 0.4) is 0 Å². The van der Waals surface area contributed by atoms with E-state index in [9.17, 15) is 4.79 Å². The molecular weight excluding hydrogens is 222 g/mol. The highest BCUT2D eigenvalue weighted by Gasteiger charge is 2.19. The van der Waals surface area contributed by atoms with Gasteiger partial charge < -0.3 is 10.4 Å². The molecule has 3 nitrogen and oxygen atoms in total. The van der Waals surface area contributed by atoms with Gasteiger partial charge in [-0.2, -0.15) is 11.8 Å². The average Bonchev–Trinajstić information content (AvgIpc) is 2.71. The lowest BCUT2D eigenvalue weighted by atomic mass is 10.0. The molecular formula is C12H21NO2S. The highest BCUT2D eigenvalue weighted by atomic mass is 32.2. The molecule has 3 atom stereocenters. The summed E-state index contributed by atoms with van der Waals surface area (Å²) in [6.07, 6.45) is 8.98. The first kappa shape index (κ1) is 13.6. The van der Waals surface area contributed by atoms with Crippen LogP contribution in [0.5, 0.6) is 0 Å². The summed E-state index contributed by atoms with van der Waals surface area (Å²) in [5.74, 6) is 0.505. The molecule has 0 unspecified atom stereocenters. The molecule has 2 N–H and O–H groups in total. The Balaban J connectivity index is 2.29. The highest BCUT2D eigenvalue weighted by Crippen LogP contribution is 2.20. The molecule has 0 aromatic heterocycles. The normalized spacial score (nSPS) is 23.1. The summed E-state index contributed by atoms with van der Waals surface area (Å²) in [6, 6.07) is 0.0258. The zero-order valence-corrected chi connectivity index (χ0v) is 10.8. The number of hydrogen-bond acceptors (Lipinski definition) is 3. The molecule has 0 spiro atoms. The molecule has 0 radical (unpaired) electrons. The van der Waals surface area contributed by atoms with Crippen LogP contribution in [0.4, 0.5) is 0 Å². The van der Waals surface area contributed by atoms with Gasteiger partial charge in [-0.05, 0) is 31.9 Å². The summed E-state index contributed by atoms with van der Waals surface area (Å²) in [4.78, 5) is 11.7. The Hall–Kier alpha value is -0.480. The molecule has 0 aliphatic heterocycles. The number of aliphatic hydroxyl groups is 1. The number of allylic oxidation sites excluding steroid dienone is 2. The minimum absolute atomic E-state index is 0.0258. The lowest BCUT2D eigenvalue weighted by Crippen LogP contribution is -2.41. The van der Waals surface area contributed by atoms with Gasteiger partial charge in [0.15, 0.2) is 0 Å². The highest BCUT2D eigenvalue weighted by molar-refractivity contribution is 7.99. The maximum absolute atomic E-state index is 11.7. The van der Waals surface area contributed by atoms with Crippen molar-refractivity contribution >= 4 is 17.7 Å². The summed E-state index contributed by atoms with van der Waals surface area (Å²) in [5, 5.41) is 12.2. The fraction of sp³-hybridized carbons (Fsp3) is 0.750. The molecule has 1 amide bonds. The van der Waals surface area contributed by atoms with Gasteiger partial charge in [0, 0.05) is 17.7 Å². The van der Waals surface area contributed by atoms with E-state index in [0.29, 0.717) is 12.3 Å². The van der Waals surface area contributed by atoms with Gasteiger partial charge in [0.25, 0.3) is 0 Å². The van der Waals surface area contributed by atoms with Crippen LogP contribution in [0.25, 0.3) is 0 Å². The van der Waals surface area contributed by atoms with Gasteiger partial charge in [-0.1, -0.05) is 12.2 Å². The second-order valence-electron chi connectivity index (χ2n) is 4.28. The van der Waals surface area contributed by atoms with E-state index in [1.165, 1.54) is 0 Å². The molecule has 0 bridgehead atoms. The first-order valence-electron chi connectivity index (χ1n) is 5.77. The van der Waals surface area contributed by atoms with Crippen molar-refractivity contribution in [1.29, 1.82) is 0 Å². The Morgan fingerprint density at radius 1 is 1.69 bits per heavy atom. The van der Waals surface area contributed by atoms with Crippen molar-refractivity contribution in [2.45, 2.75) is 37.5 Å². The minimum Gasteiger partial charge on any atom is -0.395 e. The average molecular weight is 243 g/mol. The number of amides is 1. The van der Waals surface area contributed by atoms with E-state index < -0.39 is 0 Å². The summed E-state index contributed by atoms with van der Waals surface area (Å²) in [5.41, 5.74) is 0. The molecule has 0 heterocycles. The van der Waals surface area contributed by atoms with Crippen LogP contribution in [0, 0.1) is 5.92 Å². The van der Waals surface area contributed by atoms with Gasteiger partial charge in [-0.3, -0.25) is 4.79 Å². The van der Waals surface area contributed by atoms with Crippen LogP contribution in [-0.2, 0) is 4.79 Å². The zero-order chi connectivity index (χ0) is 12.0. The van der Waals surface area contributed by atoms with Crippen molar-refractivity contribution in [1.82, 2.24) is 5.32 Å². The molecule has 0 aromatic rings. The van der Waals surface area contributed by atoms with E-state index in [1.807, 2.05) is 13.2 Å². The minimum atomic E-state index is 0.0258. The number of rotatable bonds is 6. The number of nitrogens with one attached hydrogen (secondary N) is 1. The first-order valence-corrected chi connectivity index (χ1v) is 7.05. The Labute approximate surface area is 102 Å². The molecule has 1 aliphatic carbocycles. The Morgan fingerprint density at radius 2 is 2.44 bits per heavy atom. The van der Waals surface area contributed by atoms with Gasteiger partial charge in [-0.25, -0.2) is 0 Å². The molecule has 1 aliphatic rings. The van der Waals surface area contributed by atoms with E-state index in [1.54, 1.807) is 11.8 Å². The maximum Gasteiger partial charge on any atom is 0.220 e. The zero-order valence-electron chi connectivity index (χ0n) is 9.98. The third-order valence-electron chi connectivity index (χ3n) is 2.99. The molecule has 0 saturated carbocycles. The summed E-state index contributed by atoms with van der Waals surface area (Å²) >= 11 is 1.58. The Bertz CT molecular complexity index is 251. The largest absolute Gasteiger partial charge is 0.395 e. The van der Waals surface area contributed by atoms with Crippen molar-refractivity contribution in [3.63, 3.8) is 0 Å². The smallest absolute Gasteiger partial charge is 0.220 e. The van der Waals surface area contributed by atoms with E-state index in [2.05, 4.69) is 17.5 Å². The second-order valence-corrected chi connectivity index (χ2v) is 5.36. The SMILES string of the molecule is CS[C@H](CO)[C@@H](C)NC(=O)C[C@@H]1C=CCC1. The molecule has 16 heavy (non-hydrogen) atoms. The molecule has 0 saturated heterocycles. The third kappa shape index (κ3) is 4.18. The van der Waals surface area contributed by atoms with E-state index in [0.717, 1.165) is 12.8 Å². The van der Waals surface area contributed by atoms with Crippen LogP contribution in [0.1, 0.15) is 26.2 Å². The summed E-state index contributed by atoms with van der Waals surface area (Å²) in [6.45, 7) is 2.05. The molecule has 1 rings (SSSR count). The summed E-state index contributed by atoms with van der Waals surface area (Å²) in [7, 11) is 0. The van der Waals surface area contributed by atoms with Gasteiger partial charge in [0.1, 0.15) is 0 Å². The van der Waals surface area contributed by atoms with Gasteiger partial charge >= 0.3 is 0 Å². The van der Waals surface area contributed by atoms with Crippen molar-refractivity contribution < 1.29 is 9.90 Å². The second kappa shape index (κ2) is 6.97. The van der Waals surface area contributed by atoms with Crippen LogP contribution >= 0.6 is 11.8 Å². The van der Waals surface area contributed by atoms with E-state index in [4.69, 9.17) is 5.11 Å². The molecule has 0 aromatic carbocycles. The van der Waals surface area contributed by atoms with Crippen LogP contribution in [0.15, 0.2) is 12.2 Å². The van der Waals surface area contributed by atoms with Gasteiger partial charge in [0.05, 0.1) is 6.61 Å². The topological polar surface area (TPSA) is 49.3 Å². The molecule has 0 fully saturated rings. The van der Waals surface area contributed by atoms with Crippen molar-refractivity contribution in [2.75, 3.05) is 12.9 Å². The van der Waals surface area contributed by atoms with Crippen LogP contribution in [-0.4, -0.2) is 35.2 Å². The number of carbonyl (C=O) groups excluding carboxylic acids is 1. The lowest BCUT2D eigenvalue weighted by molar-refractivity contribution is -0.122. The molecule has 92 valence electrons. The number of aliphatic hydroxyl groups excluding tert-OH is 1. The van der Waals surface area contributed by atoms with Crippen LogP contribution in [0.2, 0.25) is 0 Å². The molecule has 4 heteroatoms. The lowest BCUT2D eigenvalue weighted by Gasteiger charge is -2.21. The monoisotopic (exact) mass is 243 g/mol. The first-order chi connectivity index (χ1) is 7.67. The van der Waals surface area contributed by atoms with Crippen LogP contribution < -0.4 is 5.32 Å². The number of carbonyl (C=O) groups is 1. The Kier molecular flexibility index (Phi) is 5.91. The van der Waals surface area contributed by atoms with E-state index in [-0.39, 0.29) is 23.8 Å². The standard InChI is InChI=1S/C12H21NO2S/c1-9(11(8-14)16-2)13-12(15)7-10-5-3-4-6-10/h3,5,9-11,14H,4,6-8H2,1-2H3,(H,13,15)/t9-,10-,11-/m1/s1. The van der Waals surface area contributed by atoms with Gasteiger partial charge in [0.2, 0.25) is 5.91 Å². The fourth-order valence-electron chi connectivity index (χ4n) is 1.95.